The van der Waals surface area contributed by atoms with Crippen LogP contribution in [-0.4, -0.2) is 33.4 Å². The monoisotopic (exact) mass is 339 g/mol. The van der Waals surface area contributed by atoms with E-state index in [4.69, 9.17) is 5.11 Å². The Morgan fingerprint density at radius 1 is 1.39 bits per heavy atom. The summed E-state index contributed by atoms with van der Waals surface area (Å²) in [6.45, 7) is 3.58. The molecule has 1 aliphatic rings. The quantitative estimate of drug-likeness (QED) is 0.702. The topological polar surface area (TPSA) is 108 Å². The van der Waals surface area contributed by atoms with Gasteiger partial charge in [0.25, 0.3) is 0 Å². The number of carbonyl (C=O) groups is 3. The largest absolute Gasteiger partial charge is 0.481 e. The number of thiazole rings is 1. The summed E-state index contributed by atoms with van der Waals surface area (Å²) in [5.74, 6) is -1.40. The lowest BCUT2D eigenvalue weighted by atomic mass is 9.74. The summed E-state index contributed by atoms with van der Waals surface area (Å²) in [5, 5.41) is 16.7. The molecule has 1 heterocycles. The molecule has 2 amide bonds. The Morgan fingerprint density at radius 2 is 2.09 bits per heavy atom. The average molecular weight is 339 g/mol. The molecule has 1 aromatic heterocycles. The maximum absolute atomic E-state index is 12.1. The lowest BCUT2D eigenvalue weighted by Gasteiger charge is -2.41. The Labute approximate surface area is 138 Å². The molecule has 126 valence electrons. The molecule has 23 heavy (non-hydrogen) atoms. The van der Waals surface area contributed by atoms with E-state index in [9.17, 15) is 14.4 Å². The van der Waals surface area contributed by atoms with Crippen molar-refractivity contribution in [2.75, 3.05) is 5.32 Å². The number of anilines is 1. The summed E-state index contributed by atoms with van der Waals surface area (Å²) < 4.78 is 0. The first-order chi connectivity index (χ1) is 10.8. The van der Waals surface area contributed by atoms with Crippen molar-refractivity contribution in [2.45, 2.75) is 51.5 Å². The van der Waals surface area contributed by atoms with Crippen molar-refractivity contribution < 1.29 is 19.5 Å². The van der Waals surface area contributed by atoms with Gasteiger partial charge in [0, 0.05) is 11.3 Å². The van der Waals surface area contributed by atoms with Gasteiger partial charge in [0.2, 0.25) is 11.8 Å². The minimum atomic E-state index is -0.905. The highest BCUT2D eigenvalue weighted by atomic mass is 32.1. The van der Waals surface area contributed by atoms with Crippen molar-refractivity contribution in [1.29, 1.82) is 0 Å². The number of nitrogens with zero attached hydrogens (tertiary/aromatic N) is 1. The van der Waals surface area contributed by atoms with Crippen LogP contribution in [0.15, 0.2) is 5.38 Å². The van der Waals surface area contributed by atoms with Crippen molar-refractivity contribution in [3.8, 4) is 0 Å². The Kier molecular flexibility index (Phi) is 5.35. The molecule has 3 N–H and O–H groups in total. The molecule has 1 saturated carbocycles. The fourth-order valence-corrected chi connectivity index (χ4v) is 3.15. The van der Waals surface area contributed by atoms with Crippen LogP contribution >= 0.6 is 11.3 Å². The van der Waals surface area contributed by atoms with Crippen LogP contribution in [0.5, 0.6) is 0 Å². The first kappa shape index (κ1) is 17.4. The first-order valence-electron chi connectivity index (χ1n) is 7.58. The van der Waals surface area contributed by atoms with Gasteiger partial charge in [-0.25, -0.2) is 4.98 Å². The van der Waals surface area contributed by atoms with E-state index in [-0.39, 0.29) is 30.6 Å². The molecule has 0 atom stereocenters. The van der Waals surface area contributed by atoms with Crippen molar-refractivity contribution in [1.82, 2.24) is 10.3 Å². The van der Waals surface area contributed by atoms with Crippen LogP contribution < -0.4 is 10.6 Å². The van der Waals surface area contributed by atoms with Crippen molar-refractivity contribution in [2.24, 2.45) is 5.92 Å². The zero-order valence-corrected chi connectivity index (χ0v) is 14.0. The van der Waals surface area contributed by atoms with Crippen LogP contribution in [0.2, 0.25) is 0 Å². The molecule has 1 fully saturated rings. The smallest absolute Gasteiger partial charge is 0.305 e. The SMILES string of the molecule is CC(C)C(=O)Nc1nc(CC(=O)NC2(CC(=O)O)CCC2)cs1. The molecule has 0 saturated heterocycles. The van der Waals surface area contributed by atoms with Gasteiger partial charge < -0.3 is 15.7 Å². The molecule has 0 spiro atoms. The highest BCUT2D eigenvalue weighted by Gasteiger charge is 2.40. The molecular weight excluding hydrogens is 318 g/mol. The van der Waals surface area contributed by atoms with Gasteiger partial charge in [-0.3, -0.25) is 14.4 Å². The van der Waals surface area contributed by atoms with E-state index in [0.717, 1.165) is 6.42 Å². The first-order valence-corrected chi connectivity index (χ1v) is 8.46. The lowest BCUT2D eigenvalue weighted by Crippen LogP contribution is -2.55. The van der Waals surface area contributed by atoms with E-state index in [0.29, 0.717) is 23.7 Å². The van der Waals surface area contributed by atoms with Crippen molar-refractivity contribution in [3.05, 3.63) is 11.1 Å². The van der Waals surface area contributed by atoms with E-state index < -0.39 is 11.5 Å². The molecular formula is C15H21N3O4S. The molecule has 2 rings (SSSR count). The summed E-state index contributed by atoms with van der Waals surface area (Å²) >= 11 is 1.27. The molecule has 8 heteroatoms. The molecule has 0 unspecified atom stereocenters. The number of hydrogen-bond acceptors (Lipinski definition) is 5. The average Bonchev–Trinajstić information content (AvgIpc) is 2.82. The number of aliphatic carboxylic acids is 1. The van der Waals surface area contributed by atoms with Crippen LogP contribution in [-0.2, 0) is 20.8 Å². The molecule has 0 aromatic carbocycles. The van der Waals surface area contributed by atoms with E-state index >= 15 is 0 Å². The number of carboxylic acid groups (broad SMARTS) is 1. The lowest BCUT2D eigenvalue weighted by molar-refractivity contribution is -0.140. The van der Waals surface area contributed by atoms with Crippen LogP contribution in [0.25, 0.3) is 0 Å². The Morgan fingerprint density at radius 3 is 2.61 bits per heavy atom. The van der Waals surface area contributed by atoms with Crippen LogP contribution in [0.3, 0.4) is 0 Å². The number of amides is 2. The van der Waals surface area contributed by atoms with Gasteiger partial charge in [-0.1, -0.05) is 13.8 Å². The number of aromatic nitrogens is 1. The predicted octanol–water partition coefficient (Wildman–Crippen LogP) is 1.79. The van der Waals surface area contributed by atoms with Gasteiger partial charge in [0.1, 0.15) is 0 Å². The fourth-order valence-electron chi connectivity index (χ4n) is 2.44. The van der Waals surface area contributed by atoms with Gasteiger partial charge >= 0.3 is 5.97 Å². The van der Waals surface area contributed by atoms with Crippen LogP contribution in [0, 0.1) is 5.92 Å². The van der Waals surface area contributed by atoms with Gasteiger partial charge in [0.15, 0.2) is 5.13 Å². The van der Waals surface area contributed by atoms with Crippen LogP contribution in [0.4, 0.5) is 5.13 Å². The summed E-state index contributed by atoms with van der Waals surface area (Å²) in [6.07, 6.45) is 2.34. The van der Waals surface area contributed by atoms with E-state index in [1.807, 2.05) is 0 Å². The van der Waals surface area contributed by atoms with Crippen LogP contribution in [0.1, 0.15) is 45.2 Å². The second-order valence-corrected chi connectivity index (χ2v) is 7.08. The minimum absolute atomic E-state index is 0.0501. The van der Waals surface area contributed by atoms with Crippen molar-refractivity contribution in [3.63, 3.8) is 0 Å². The van der Waals surface area contributed by atoms with Gasteiger partial charge in [0.05, 0.1) is 24.1 Å². The third-order valence-corrected chi connectivity index (χ3v) is 4.66. The van der Waals surface area contributed by atoms with Gasteiger partial charge in [-0.15, -0.1) is 11.3 Å². The Bertz CT molecular complexity index is 608. The maximum Gasteiger partial charge on any atom is 0.305 e. The summed E-state index contributed by atoms with van der Waals surface area (Å²) in [5.41, 5.74) is -0.0375. The van der Waals surface area contributed by atoms with Crippen molar-refractivity contribution >= 4 is 34.3 Å². The molecule has 0 bridgehead atoms. The summed E-state index contributed by atoms with van der Waals surface area (Å²) in [7, 11) is 0. The minimum Gasteiger partial charge on any atom is -0.481 e. The number of carboxylic acids is 1. The zero-order chi connectivity index (χ0) is 17.0. The highest BCUT2D eigenvalue weighted by molar-refractivity contribution is 7.13. The number of carbonyl (C=O) groups excluding carboxylic acids is 2. The molecule has 1 aromatic rings. The summed E-state index contributed by atoms with van der Waals surface area (Å²) in [4.78, 5) is 38.8. The summed E-state index contributed by atoms with van der Waals surface area (Å²) in [6, 6.07) is 0. The second kappa shape index (κ2) is 7.08. The van der Waals surface area contributed by atoms with Gasteiger partial charge in [-0.2, -0.15) is 0 Å². The molecule has 0 radical (unpaired) electrons. The highest BCUT2D eigenvalue weighted by Crippen LogP contribution is 2.35. The fraction of sp³-hybridized carbons (Fsp3) is 0.600. The Hall–Kier alpha value is -1.96. The third-order valence-electron chi connectivity index (χ3n) is 3.85. The molecule has 0 aliphatic heterocycles. The number of nitrogens with one attached hydrogen (secondary N) is 2. The van der Waals surface area contributed by atoms with E-state index in [1.165, 1.54) is 11.3 Å². The number of rotatable bonds is 7. The standard InChI is InChI=1S/C15H21N3O4S/c1-9(2)13(22)17-14-16-10(8-23-14)6-11(19)18-15(4-3-5-15)7-12(20)21/h8-9H,3-7H2,1-2H3,(H,18,19)(H,20,21)(H,16,17,22). The molecule has 1 aliphatic carbocycles. The van der Waals surface area contributed by atoms with E-state index in [1.54, 1.807) is 19.2 Å². The predicted molar refractivity (Wildman–Crippen MR) is 86.3 cm³/mol. The maximum atomic E-state index is 12.1. The third kappa shape index (κ3) is 4.75. The number of hydrogen-bond donors (Lipinski definition) is 3. The van der Waals surface area contributed by atoms with Gasteiger partial charge in [-0.05, 0) is 19.3 Å². The zero-order valence-electron chi connectivity index (χ0n) is 13.2. The van der Waals surface area contributed by atoms with E-state index in [2.05, 4.69) is 15.6 Å². The normalized spacial score (nSPS) is 15.8. The molecule has 7 nitrogen and oxygen atoms in total. The Balaban J connectivity index is 1.89. The second-order valence-electron chi connectivity index (χ2n) is 6.22.